The van der Waals surface area contributed by atoms with Crippen LogP contribution in [0.4, 0.5) is 45.5 Å². The van der Waals surface area contributed by atoms with E-state index in [9.17, 15) is 71.1 Å². The molecule has 34 nitrogen and oxygen atoms in total. The fourth-order valence-corrected chi connectivity index (χ4v) is 20.5. The molecule has 0 saturated heterocycles. The van der Waals surface area contributed by atoms with Crippen molar-refractivity contribution < 1.29 is 113 Å². The van der Waals surface area contributed by atoms with Crippen molar-refractivity contribution in [2.45, 2.75) is 213 Å². The highest BCUT2D eigenvalue weighted by atomic mass is 32.2. The minimum Gasteiger partial charge on any atom is -0.504 e. The van der Waals surface area contributed by atoms with Crippen LogP contribution in [0.1, 0.15) is 207 Å². The number of para-hydroxylation sites is 4. The first kappa shape index (κ1) is 107. The van der Waals surface area contributed by atoms with Crippen molar-refractivity contribution in [1.29, 1.82) is 0 Å². The second-order valence-corrected chi connectivity index (χ2v) is 40.4. The first-order valence-electron chi connectivity index (χ1n) is 50.2. The predicted molar refractivity (Wildman–Crippen MR) is 564 cm³/mol. The maximum absolute atomic E-state index is 14.1. The average molecular weight is 2060 g/mol. The molecule has 8 atom stereocenters. The number of phenols is 1. The van der Waals surface area contributed by atoms with E-state index < -0.39 is 45.9 Å². The van der Waals surface area contributed by atoms with Gasteiger partial charge in [0, 0.05) is 145 Å². The van der Waals surface area contributed by atoms with Crippen molar-refractivity contribution >= 4 is 139 Å². The Kier molecular flexibility index (Phi) is 33.8. The van der Waals surface area contributed by atoms with E-state index in [1.165, 1.54) is 39.6 Å². The number of ketones is 2. The van der Waals surface area contributed by atoms with Gasteiger partial charge in [-0.05, 0) is 243 Å². The molecule has 0 unspecified atom stereocenters. The minimum atomic E-state index is -3.79. The van der Waals surface area contributed by atoms with Crippen LogP contribution in [0.5, 0.6) is 40.2 Å². The average Bonchev–Trinajstić information content (AvgIpc) is 1.62. The molecule has 8 amide bonds. The predicted octanol–water partition coefficient (Wildman–Crippen LogP) is 16.5. The summed E-state index contributed by atoms with van der Waals surface area (Å²) in [5.74, 6) is -2.36. The first-order valence-corrected chi connectivity index (χ1v) is 52.0. The Morgan fingerprint density at radius 1 is 0.407 bits per heavy atom. The Labute approximate surface area is 870 Å². The Morgan fingerprint density at radius 2 is 0.767 bits per heavy atom. The topological polar surface area (TPSA) is 428 Å². The number of methoxy groups -OCH3 is 5. The highest BCUT2D eigenvalue weighted by molar-refractivity contribution is 7.85. The molecule has 35 heteroatoms. The van der Waals surface area contributed by atoms with E-state index in [1.54, 1.807) is 113 Å². The van der Waals surface area contributed by atoms with Crippen molar-refractivity contribution in [3.8, 4) is 40.2 Å². The largest absolute Gasteiger partial charge is 0.504 e. The zero-order valence-electron chi connectivity index (χ0n) is 85.6. The van der Waals surface area contributed by atoms with E-state index in [2.05, 4.69) is 47.9 Å². The van der Waals surface area contributed by atoms with Crippen LogP contribution in [0.3, 0.4) is 0 Å². The molecule has 0 spiro atoms. The lowest BCUT2D eigenvalue weighted by Crippen LogP contribution is -2.39. The van der Waals surface area contributed by atoms with E-state index in [4.69, 9.17) is 37.6 Å². The van der Waals surface area contributed by atoms with Crippen molar-refractivity contribution in [2.24, 2.45) is 21.8 Å². The summed E-state index contributed by atoms with van der Waals surface area (Å²) in [7, 11) is 3.31. The third kappa shape index (κ3) is 25.0. The fourth-order valence-electron chi connectivity index (χ4n) is 20.1. The molecule has 8 heterocycles. The number of nitrogens with one attached hydrogen (secondary N) is 4. The van der Waals surface area contributed by atoms with E-state index in [1.807, 2.05) is 131 Å². The number of hydrogen-bond acceptors (Lipinski definition) is 26. The second kappa shape index (κ2) is 47.5. The summed E-state index contributed by atoms with van der Waals surface area (Å²) < 4.78 is 73.6. The van der Waals surface area contributed by atoms with Crippen molar-refractivity contribution in [3.63, 3.8) is 0 Å². The number of rotatable bonds is 37. The number of aromatic hydroxyl groups is 1. The number of ether oxygens (including phenoxy) is 8. The number of aliphatic imine (C=N–C) groups is 2. The molecule has 18 rings (SSSR count). The van der Waals surface area contributed by atoms with Gasteiger partial charge >= 0.3 is 11.9 Å². The van der Waals surface area contributed by atoms with E-state index >= 15 is 0 Å². The van der Waals surface area contributed by atoms with Gasteiger partial charge in [-0.25, -0.2) is 0 Å². The zero-order valence-corrected chi connectivity index (χ0v) is 86.4. The molecule has 0 saturated carbocycles. The summed E-state index contributed by atoms with van der Waals surface area (Å²) in [5.41, 5.74) is 16.8. The molecule has 5 N–H and O–H groups in total. The van der Waals surface area contributed by atoms with Crippen LogP contribution in [-0.4, -0.2) is 175 Å². The molecule has 0 radical (unpaired) electrons. The Bertz CT molecular complexity index is 7120. The van der Waals surface area contributed by atoms with Crippen LogP contribution in [0.15, 0.2) is 192 Å². The van der Waals surface area contributed by atoms with Crippen LogP contribution >= 0.6 is 0 Å². The molecular weight excluding hydrogens is 1940 g/mol. The standard InChI is InChI=1S/C57H59N5O10.C40H46N4O11S.C18H17NO3/c1-33-20-45-46(58-30-43-26-40-13-7-9-15-48(40)62(43)57(45)68)29-50(33)71-31-36-22-37(24-41(23-36)60-55(66)34(2)21-49(63)35(3)59-53(64)16-10-11-17-54(65)70-5)32-72-52-27-38-18-19-42-25-39-12-6-8-14-47(39)61(42)56(67)44(38)28-51(52)69-4;1-24(14-34(45)25(2)42-37(46)12-8-9-13-38(47)53-4)39(48)43-29-16-26(15-27(17-29)23-55-56(5,50)51)22-54-36-20-32-31(19-35(36)52-3)40(49)44-30(21-41-32)18-28-10-6-7-11-33(28)44;1-22-17-10-14-11(9-16(17)20)6-7-13-8-12-4-2-3-5-15(12)19(13)18(14)21/h6-9,12-15,20,22-24,27-30,34-35,42-43H,10-11,16-19,21,25-26,31-32H2,1-5H3,(H,59,64)(H,60,66);6-7,10-11,15-17,19-21,24-25,30H,8-9,12-14,18,22-23H2,1-5H3,(H,42,46)(H,43,48);2-5,9-10,13,20H,6-8H2,1H3/t34-,35+,42-,43+;24-,25+,30+;13-/m111/s1. The zero-order chi connectivity index (χ0) is 106. The van der Waals surface area contributed by atoms with Gasteiger partial charge in [-0.3, -0.25) is 81.5 Å². The third-order valence-electron chi connectivity index (χ3n) is 28.0. The molecule has 8 aliphatic heterocycles. The lowest BCUT2D eigenvalue weighted by molar-refractivity contribution is -0.141. The van der Waals surface area contributed by atoms with Gasteiger partial charge in [-0.1, -0.05) is 86.6 Å². The monoisotopic (exact) mass is 2060 g/mol. The summed E-state index contributed by atoms with van der Waals surface area (Å²) in [6.07, 6.45) is 13.0. The van der Waals surface area contributed by atoms with Crippen LogP contribution in [0, 0.1) is 18.8 Å². The SMILES string of the molecule is COC(=O)CCCCC(=O)N[C@@H](C)C(=O)C[C@@H](C)C(=O)Nc1cc(COc2cc3c(cc2C)C(=O)N2c4ccccc4C[C@H]2C=N3)cc(COc2cc3c(cc2OC)C(=O)N2c4ccccc4C[C@H]2CC3)c1.COC(=O)CCCCC(=O)N[C@@H](C)C(=O)C[C@@H](C)C(=O)Nc1cc(COc2cc3c(cc2OC)C(=O)N2c4ccccc4C[C@H]2C=N3)cc(COS(C)(=O)=O)c1.COc1cc2c(cc1O)CC[C@@H]1Cc3ccccc3N1C2=O. The Hall–Kier alpha value is -15.9. The number of esters is 2. The van der Waals surface area contributed by atoms with Gasteiger partial charge in [0.1, 0.15) is 25.6 Å². The Balaban J connectivity index is 0.000000180. The number of aryl methyl sites for hydroxylation is 3. The normalized spacial score (nSPS) is 16.7. The van der Waals surface area contributed by atoms with Gasteiger partial charge in [0.05, 0.1) is 95.1 Å². The highest BCUT2D eigenvalue weighted by Crippen LogP contribution is 2.47. The number of hydrogen-bond donors (Lipinski definition) is 5. The lowest BCUT2D eigenvalue weighted by Gasteiger charge is -2.23. The number of Topliss-reactive ketones (excluding diaryl/α,β-unsaturated/α-hetero) is 2. The molecule has 10 aromatic carbocycles. The quantitative estimate of drug-likeness (QED) is 0.0137. The summed E-state index contributed by atoms with van der Waals surface area (Å²) in [4.78, 5) is 172. The van der Waals surface area contributed by atoms with Crippen molar-refractivity contribution in [3.05, 3.63) is 265 Å². The summed E-state index contributed by atoms with van der Waals surface area (Å²) in [5, 5.41) is 21.1. The summed E-state index contributed by atoms with van der Waals surface area (Å²) in [6, 6.07) is 54.1. The number of unbranched alkanes of at least 4 members (excludes halogenated alkanes) is 2. The van der Waals surface area contributed by atoms with Crippen LogP contribution < -0.4 is 69.3 Å². The highest BCUT2D eigenvalue weighted by Gasteiger charge is 2.43. The van der Waals surface area contributed by atoms with Crippen LogP contribution in [0.25, 0.3) is 0 Å². The summed E-state index contributed by atoms with van der Waals surface area (Å²) in [6.45, 7) is 8.02. The number of phenolic OH excluding ortho intramolecular Hbond substituents is 1. The van der Waals surface area contributed by atoms with E-state index in [0.717, 1.165) is 88.9 Å². The van der Waals surface area contributed by atoms with E-state index in [0.29, 0.717) is 147 Å². The molecule has 0 fully saturated rings. The lowest BCUT2D eigenvalue weighted by atomic mass is 9.99. The van der Waals surface area contributed by atoms with Gasteiger partial charge in [0.2, 0.25) is 23.6 Å². The number of carbonyl (C=O) groups is 12. The van der Waals surface area contributed by atoms with Gasteiger partial charge < -0.3 is 74.1 Å². The van der Waals surface area contributed by atoms with Crippen LogP contribution in [-0.2, 0) is 127 Å². The number of benzene rings is 10. The number of nitrogens with zero attached hydrogens (tertiary/aromatic N) is 6. The van der Waals surface area contributed by atoms with Gasteiger partial charge in [0.25, 0.3) is 33.7 Å². The van der Waals surface area contributed by atoms with Crippen LogP contribution in [0.2, 0.25) is 0 Å². The fraction of sp³-hybridized carbons (Fsp3) is 0.357. The van der Waals surface area contributed by atoms with Crippen molar-refractivity contribution in [2.75, 3.05) is 72.0 Å². The minimum absolute atomic E-state index is 0.000694. The molecule has 150 heavy (non-hydrogen) atoms. The molecular formula is C115H122N10O24S. The Morgan fingerprint density at radius 3 is 1.19 bits per heavy atom. The van der Waals surface area contributed by atoms with Gasteiger partial charge in [-0.15, -0.1) is 0 Å². The number of anilines is 6. The first-order chi connectivity index (χ1) is 72.1. The third-order valence-corrected chi connectivity index (χ3v) is 28.6. The maximum Gasteiger partial charge on any atom is 0.305 e. The summed E-state index contributed by atoms with van der Waals surface area (Å²) >= 11 is 0. The molecule has 10 aromatic rings. The maximum atomic E-state index is 14.1. The number of carbonyl (C=O) groups excluding carboxylic acids is 12. The molecule has 0 bridgehead atoms. The van der Waals surface area contributed by atoms with E-state index in [-0.39, 0.29) is 154 Å². The number of amides is 8. The molecule has 0 aliphatic carbocycles. The molecule has 8 aliphatic rings. The second-order valence-electron chi connectivity index (χ2n) is 38.8. The number of fused-ring (bicyclic) bond motifs is 16. The smallest absolute Gasteiger partial charge is 0.305 e. The molecule has 782 valence electrons. The van der Waals surface area contributed by atoms with Gasteiger partial charge in [0.15, 0.2) is 46.1 Å². The van der Waals surface area contributed by atoms with Gasteiger partial charge in [-0.2, -0.15) is 8.42 Å². The van der Waals surface area contributed by atoms with Crippen molar-refractivity contribution in [1.82, 2.24) is 10.6 Å². The molecule has 0 aromatic heterocycles.